The van der Waals surface area contributed by atoms with E-state index in [2.05, 4.69) is 40.7 Å². The highest BCUT2D eigenvalue weighted by Crippen LogP contribution is 2.35. The lowest BCUT2D eigenvalue weighted by atomic mass is 10.1. The molecular weight excluding hydrogens is 480 g/mol. The van der Waals surface area contributed by atoms with Gasteiger partial charge < -0.3 is 14.0 Å². The summed E-state index contributed by atoms with van der Waals surface area (Å²) in [6.07, 6.45) is 14.2. The molecule has 0 amide bonds. The summed E-state index contributed by atoms with van der Waals surface area (Å²) in [4.78, 5) is 24.9. The topological polar surface area (TPSA) is 83.6 Å². The molecule has 0 radical (unpaired) electrons. The number of benzene rings is 1. The molecule has 7 nitrogen and oxygen atoms in total. The van der Waals surface area contributed by atoms with Crippen LogP contribution in [-0.2, 0) is 6.54 Å². The number of hydrogen-bond acceptors (Lipinski definition) is 5. The number of pyridine rings is 1. The smallest absolute Gasteiger partial charge is 0.297 e. The monoisotopic (exact) mass is 526 g/mol. The molecule has 2 rings (SSSR count). The lowest BCUT2D eigenvalue weighted by molar-refractivity contribution is -0.384. The number of nitro groups is 1. The second-order valence-corrected chi connectivity index (χ2v) is 10.2. The van der Waals surface area contributed by atoms with Crippen molar-refractivity contribution in [2.24, 2.45) is 0 Å². The summed E-state index contributed by atoms with van der Waals surface area (Å²) >= 11 is 0. The van der Waals surface area contributed by atoms with Crippen LogP contribution >= 0.6 is 0 Å². The van der Waals surface area contributed by atoms with E-state index in [0.717, 1.165) is 64.2 Å². The quantitative estimate of drug-likeness (QED) is 0.0841. The van der Waals surface area contributed by atoms with Crippen LogP contribution < -0.4 is 15.0 Å². The van der Waals surface area contributed by atoms with Gasteiger partial charge in [0.15, 0.2) is 5.75 Å². The molecule has 38 heavy (non-hydrogen) atoms. The Balaban J connectivity index is 2.48. The molecule has 2 aromatic rings. The van der Waals surface area contributed by atoms with Crippen molar-refractivity contribution in [1.82, 2.24) is 4.57 Å². The lowest BCUT2D eigenvalue weighted by Gasteiger charge is -2.18. The van der Waals surface area contributed by atoms with Gasteiger partial charge in [-0.2, -0.15) is 0 Å². The summed E-state index contributed by atoms with van der Waals surface area (Å²) in [5.74, 6) is 0.572. The second-order valence-electron chi connectivity index (χ2n) is 10.2. The molecule has 0 atom stereocenters. The molecule has 0 saturated heterocycles. The van der Waals surface area contributed by atoms with Crippen LogP contribution in [0.15, 0.2) is 46.3 Å². The summed E-state index contributed by atoms with van der Waals surface area (Å²) in [7, 11) is 0. The molecule has 0 unspecified atom stereocenters. The van der Waals surface area contributed by atoms with Gasteiger partial charge in [0.05, 0.1) is 17.0 Å². The van der Waals surface area contributed by atoms with E-state index in [9.17, 15) is 14.9 Å². The van der Waals surface area contributed by atoms with Crippen molar-refractivity contribution in [3.8, 4) is 11.5 Å². The van der Waals surface area contributed by atoms with E-state index in [1.54, 1.807) is 10.6 Å². The van der Waals surface area contributed by atoms with Gasteiger partial charge in [-0.25, -0.2) is 0 Å². The molecule has 0 aliphatic carbocycles. The number of nitrogens with zero attached hydrogens (tertiary/aromatic N) is 2. The minimum absolute atomic E-state index is 0.0478. The van der Waals surface area contributed by atoms with Crippen molar-refractivity contribution < 1.29 is 14.4 Å². The Labute approximate surface area is 227 Å². The SMILES string of the molecule is CCCCCCOc1c(OCC=C(C)CCC=C(C)C)c2ccc([N+](=O)[O-])cc2n(CCCCCC)c1=O. The molecule has 0 aliphatic rings. The highest BCUT2D eigenvalue weighted by molar-refractivity contribution is 5.89. The zero-order valence-electron chi connectivity index (χ0n) is 24.0. The molecule has 7 heteroatoms. The minimum atomic E-state index is -0.428. The van der Waals surface area contributed by atoms with Crippen molar-refractivity contribution in [3.63, 3.8) is 0 Å². The Hall–Kier alpha value is -3.09. The summed E-state index contributed by atoms with van der Waals surface area (Å²) in [6, 6.07) is 4.63. The minimum Gasteiger partial charge on any atom is -0.485 e. The average Bonchev–Trinajstić information content (AvgIpc) is 2.88. The molecule has 1 aromatic heterocycles. The van der Waals surface area contributed by atoms with Gasteiger partial charge in [-0.1, -0.05) is 69.6 Å². The fourth-order valence-electron chi connectivity index (χ4n) is 4.35. The van der Waals surface area contributed by atoms with Crippen molar-refractivity contribution >= 4 is 16.6 Å². The van der Waals surface area contributed by atoms with Crippen LogP contribution in [0.2, 0.25) is 0 Å². The van der Waals surface area contributed by atoms with Gasteiger partial charge in [0.25, 0.3) is 11.2 Å². The van der Waals surface area contributed by atoms with Crippen molar-refractivity contribution in [2.75, 3.05) is 13.2 Å². The van der Waals surface area contributed by atoms with Gasteiger partial charge in [0.1, 0.15) is 6.61 Å². The summed E-state index contributed by atoms with van der Waals surface area (Å²) in [5.41, 5.74) is 2.68. The third-order valence-electron chi connectivity index (χ3n) is 6.60. The van der Waals surface area contributed by atoms with Crippen LogP contribution in [0.3, 0.4) is 0 Å². The van der Waals surface area contributed by atoms with E-state index in [4.69, 9.17) is 9.47 Å². The van der Waals surface area contributed by atoms with Crippen LogP contribution in [0.4, 0.5) is 5.69 Å². The molecule has 210 valence electrons. The number of unbranched alkanes of at least 4 members (excludes halogenated alkanes) is 6. The maximum Gasteiger partial charge on any atom is 0.297 e. The summed E-state index contributed by atoms with van der Waals surface area (Å²) < 4.78 is 13.9. The highest BCUT2D eigenvalue weighted by Gasteiger charge is 2.21. The number of fused-ring (bicyclic) bond motifs is 1. The first-order valence-corrected chi connectivity index (χ1v) is 14.2. The van der Waals surface area contributed by atoms with Gasteiger partial charge in [-0.05, 0) is 58.6 Å². The van der Waals surface area contributed by atoms with Crippen LogP contribution in [0.1, 0.15) is 98.8 Å². The zero-order chi connectivity index (χ0) is 27.9. The Morgan fingerprint density at radius 2 is 1.66 bits per heavy atom. The Morgan fingerprint density at radius 3 is 2.32 bits per heavy atom. The first kappa shape index (κ1) is 31.1. The maximum absolute atomic E-state index is 13.7. The average molecular weight is 527 g/mol. The highest BCUT2D eigenvalue weighted by atomic mass is 16.6. The fraction of sp³-hybridized carbons (Fsp3) is 0.581. The fourth-order valence-corrected chi connectivity index (χ4v) is 4.35. The molecule has 1 heterocycles. The van der Waals surface area contributed by atoms with Crippen LogP contribution in [0.25, 0.3) is 10.9 Å². The molecule has 0 spiro atoms. The van der Waals surface area contributed by atoms with Crippen molar-refractivity contribution in [3.05, 3.63) is 62.0 Å². The number of ether oxygens (including phenoxy) is 2. The number of rotatable bonds is 18. The molecule has 0 bridgehead atoms. The number of allylic oxidation sites excluding steroid dienone is 3. The lowest BCUT2D eigenvalue weighted by Crippen LogP contribution is -2.24. The summed E-state index contributed by atoms with van der Waals surface area (Å²) in [5, 5.41) is 12.2. The van der Waals surface area contributed by atoms with E-state index in [1.807, 2.05) is 6.08 Å². The van der Waals surface area contributed by atoms with E-state index in [0.29, 0.717) is 36.4 Å². The van der Waals surface area contributed by atoms with Gasteiger partial charge in [0.2, 0.25) is 5.75 Å². The number of aromatic nitrogens is 1. The number of non-ortho nitro benzene ring substituents is 1. The van der Waals surface area contributed by atoms with Gasteiger partial charge in [-0.15, -0.1) is 0 Å². The number of aryl methyl sites for hydroxylation is 1. The number of hydrogen-bond donors (Lipinski definition) is 0. The molecule has 0 saturated carbocycles. The van der Waals surface area contributed by atoms with E-state index >= 15 is 0 Å². The molecule has 0 aliphatic heterocycles. The molecule has 0 N–H and O–H groups in total. The van der Waals surface area contributed by atoms with E-state index < -0.39 is 4.92 Å². The second kappa shape index (κ2) is 16.7. The summed E-state index contributed by atoms with van der Waals surface area (Å²) in [6.45, 7) is 11.7. The molecule has 0 fully saturated rings. The predicted octanol–water partition coefficient (Wildman–Crippen LogP) is 8.52. The predicted molar refractivity (Wildman–Crippen MR) is 157 cm³/mol. The van der Waals surface area contributed by atoms with Crippen LogP contribution in [-0.4, -0.2) is 22.7 Å². The first-order valence-electron chi connectivity index (χ1n) is 14.2. The van der Waals surface area contributed by atoms with Crippen LogP contribution in [0, 0.1) is 10.1 Å². The van der Waals surface area contributed by atoms with E-state index in [1.165, 1.54) is 23.3 Å². The standard InChI is InChI=1S/C31H46N2O5/c1-6-8-10-12-20-32-28-23-26(33(35)36)17-18-27(28)29(30(31(32)34)37-21-13-11-9-7-2)38-22-19-25(5)16-14-15-24(3)4/h15,17-19,23H,6-14,16,20-22H2,1-5H3. The maximum atomic E-state index is 13.7. The largest absolute Gasteiger partial charge is 0.485 e. The molecular formula is C31H46N2O5. The number of nitro benzene ring substituents is 1. The zero-order valence-corrected chi connectivity index (χ0v) is 24.0. The first-order chi connectivity index (χ1) is 18.3. The Kier molecular flexibility index (Phi) is 13.7. The molecule has 1 aromatic carbocycles. The normalized spacial score (nSPS) is 11.6. The van der Waals surface area contributed by atoms with Crippen LogP contribution in [0.5, 0.6) is 11.5 Å². The van der Waals surface area contributed by atoms with Crippen molar-refractivity contribution in [2.45, 2.75) is 105 Å². The van der Waals surface area contributed by atoms with Gasteiger partial charge in [0, 0.05) is 24.1 Å². The Bertz CT molecular complexity index is 1160. The van der Waals surface area contributed by atoms with E-state index in [-0.39, 0.29) is 17.0 Å². The third-order valence-corrected chi connectivity index (χ3v) is 6.60. The van der Waals surface area contributed by atoms with Gasteiger partial charge >= 0.3 is 0 Å². The Morgan fingerprint density at radius 1 is 0.947 bits per heavy atom. The third kappa shape index (κ3) is 9.66. The van der Waals surface area contributed by atoms with Gasteiger partial charge in [-0.3, -0.25) is 14.9 Å². The van der Waals surface area contributed by atoms with Crippen molar-refractivity contribution in [1.29, 1.82) is 0 Å².